The van der Waals surface area contributed by atoms with Crippen molar-refractivity contribution >= 4 is 6.08 Å². The fourth-order valence-electron chi connectivity index (χ4n) is 2.24. The highest BCUT2D eigenvalue weighted by Crippen LogP contribution is 2.27. The van der Waals surface area contributed by atoms with Gasteiger partial charge in [0.2, 0.25) is 0 Å². The first-order chi connectivity index (χ1) is 7.68. The third-order valence-electron chi connectivity index (χ3n) is 3.03. The molecule has 0 amide bonds. The second-order valence-electron chi connectivity index (χ2n) is 4.50. The molecule has 0 atom stereocenters. The number of allylic oxidation sites excluding steroid dienone is 1. The van der Waals surface area contributed by atoms with E-state index in [-0.39, 0.29) is 0 Å². The van der Waals surface area contributed by atoms with Crippen LogP contribution in [-0.4, -0.2) is 0 Å². The van der Waals surface area contributed by atoms with Crippen molar-refractivity contribution in [2.45, 2.75) is 53.4 Å². The van der Waals surface area contributed by atoms with Gasteiger partial charge in [-0.05, 0) is 47.9 Å². The molecule has 0 saturated heterocycles. The Bertz CT molecular complexity index is 370. The van der Waals surface area contributed by atoms with Crippen molar-refractivity contribution in [1.82, 2.24) is 0 Å². The summed E-state index contributed by atoms with van der Waals surface area (Å²) in [4.78, 5) is 0. The highest BCUT2D eigenvalue weighted by Gasteiger charge is 2.09. The third kappa shape index (κ3) is 2.75. The fraction of sp³-hybridized carbons (Fsp3) is 0.500. The molecule has 0 radical (unpaired) electrons. The summed E-state index contributed by atoms with van der Waals surface area (Å²) in [6, 6.07) is 4.74. The van der Waals surface area contributed by atoms with Crippen LogP contribution in [0.5, 0.6) is 0 Å². The van der Waals surface area contributed by atoms with Gasteiger partial charge in [0.15, 0.2) is 0 Å². The molecule has 0 N–H and O–H groups in total. The van der Waals surface area contributed by atoms with Crippen LogP contribution in [0.15, 0.2) is 18.2 Å². The second kappa shape index (κ2) is 5.89. The van der Waals surface area contributed by atoms with Crippen LogP contribution in [-0.2, 0) is 6.42 Å². The third-order valence-corrected chi connectivity index (χ3v) is 3.03. The van der Waals surface area contributed by atoms with E-state index >= 15 is 0 Å². The molecule has 0 aliphatic heterocycles. The number of benzene rings is 1. The maximum Gasteiger partial charge on any atom is -0.0216 e. The quantitative estimate of drug-likeness (QED) is 0.612. The molecule has 88 valence electrons. The lowest BCUT2D eigenvalue weighted by atomic mass is 9.89. The van der Waals surface area contributed by atoms with Crippen molar-refractivity contribution in [3.8, 4) is 0 Å². The molecular formula is C16H24. The molecule has 0 heterocycles. The monoisotopic (exact) mass is 216 g/mol. The summed E-state index contributed by atoms with van der Waals surface area (Å²) in [6.45, 7) is 10.8. The van der Waals surface area contributed by atoms with Crippen molar-refractivity contribution < 1.29 is 0 Å². The average molecular weight is 216 g/mol. The summed E-state index contributed by atoms with van der Waals surface area (Å²) in [6.07, 6.45) is 6.95. The Balaban J connectivity index is 0.000000606. The van der Waals surface area contributed by atoms with Crippen molar-refractivity contribution in [1.29, 1.82) is 0 Å². The highest BCUT2D eigenvalue weighted by atomic mass is 14.1. The van der Waals surface area contributed by atoms with Gasteiger partial charge in [0, 0.05) is 0 Å². The Morgan fingerprint density at radius 2 is 1.81 bits per heavy atom. The molecule has 0 spiro atoms. The van der Waals surface area contributed by atoms with Crippen molar-refractivity contribution in [2.75, 3.05) is 0 Å². The number of fused-ring (bicyclic) bond motifs is 1. The summed E-state index contributed by atoms with van der Waals surface area (Å²) in [5, 5.41) is 0. The van der Waals surface area contributed by atoms with Crippen LogP contribution < -0.4 is 0 Å². The predicted molar refractivity (Wildman–Crippen MR) is 74.0 cm³/mol. The first-order valence-electron chi connectivity index (χ1n) is 6.48. The van der Waals surface area contributed by atoms with Crippen LogP contribution in [0.25, 0.3) is 6.08 Å². The van der Waals surface area contributed by atoms with Gasteiger partial charge in [-0.3, -0.25) is 0 Å². The van der Waals surface area contributed by atoms with Gasteiger partial charge in [0.05, 0.1) is 0 Å². The maximum absolute atomic E-state index is 2.40. The van der Waals surface area contributed by atoms with E-state index in [0.717, 1.165) is 0 Å². The molecule has 0 fully saturated rings. The van der Waals surface area contributed by atoms with Crippen LogP contribution in [0.1, 0.15) is 62.3 Å². The summed E-state index contributed by atoms with van der Waals surface area (Å²) < 4.78 is 0. The Morgan fingerprint density at radius 3 is 2.44 bits per heavy atom. The number of hydrogen-bond donors (Lipinski definition) is 0. The topological polar surface area (TPSA) is 0 Å². The van der Waals surface area contributed by atoms with E-state index in [1.54, 1.807) is 0 Å². The van der Waals surface area contributed by atoms with E-state index in [1.807, 2.05) is 13.8 Å². The number of aryl methyl sites for hydroxylation is 2. The van der Waals surface area contributed by atoms with Crippen LogP contribution in [0.3, 0.4) is 0 Å². The lowest BCUT2D eigenvalue weighted by Crippen LogP contribution is -2.00. The fourth-order valence-corrected chi connectivity index (χ4v) is 2.24. The van der Waals surface area contributed by atoms with Crippen LogP contribution >= 0.6 is 0 Å². The Kier molecular flexibility index (Phi) is 4.79. The first kappa shape index (κ1) is 13.0. The summed E-state index contributed by atoms with van der Waals surface area (Å²) >= 11 is 0. The molecule has 1 aromatic rings. The first-order valence-corrected chi connectivity index (χ1v) is 6.48. The van der Waals surface area contributed by atoms with Crippen molar-refractivity contribution in [3.63, 3.8) is 0 Å². The predicted octanol–water partition coefficient (Wildman–Crippen LogP) is 5.10. The van der Waals surface area contributed by atoms with E-state index in [2.05, 4.69) is 45.1 Å². The molecular weight excluding hydrogens is 192 g/mol. The van der Waals surface area contributed by atoms with E-state index in [1.165, 1.54) is 35.1 Å². The summed E-state index contributed by atoms with van der Waals surface area (Å²) in [5.74, 6) is 0.645. The minimum atomic E-state index is 0.645. The molecule has 1 aliphatic rings. The molecule has 0 nitrogen and oxygen atoms in total. The molecule has 1 aliphatic carbocycles. The minimum Gasteiger partial charge on any atom is -0.0836 e. The van der Waals surface area contributed by atoms with E-state index in [4.69, 9.17) is 0 Å². The van der Waals surface area contributed by atoms with Gasteiger partial charge >= 0.3 is 0 Å². The number of hydrogen-bond acceptors (Lipinski definition) is 0. The average Bonchev–Trinajstić information content (AvgIpc) is 2.30. The number of rotatable bonds is 1. The molecule has 0 unspecified atom stereocenters. The van der Waals surface area contributed by atoms with E-state index in [9.17, 15) is 0 Å². The summed E-state index contributed by atoms with van der Waals surface area (Å²) in [7, 11) is 0. The van der Waals surface area contributed by atoms with Crippen LogP contribution in [0.4, 0.5) is 0 Å². The molecule has 1 aromatic carbocycles. The van der Waals surface area contributed by atoms with Crippen LogP contribution in [0, 0.1) is 6.92 Å². The van der Waals surface area contributed by atoms with Crippen LogP contribution in [0.2, 0.25) is 0 Å². The normalized spacial score (nSPS) is 13.1. The molecule has 0 aromatic heterocycles. The Labute approximate surface area is 100 Å². The van der Waals surface area contributed by atoms with Gasteiger partial charge < -0.3 is 0 Å². The summed E-state index contributed by atoms with van der Waals surface area (Å²) in [5.41, 5.74) is 5.91. The molecule has 16 heavy (non-hydrogen) atoms. The molecule has 0 heteroatoms. The molecule has 2 rings (SSSR count). The standard InChI is InChI=1S/C14H18.C2H6/c1-10(2)14-9-13-7-5-4-6-12(13)8-11(14)3;1-2/h4,6,8-10H,5,7H2,1-3H3;1-2H3. The lowest BCUT2D eigenvalue weighted by Gasteiger charge is -2.16. The molecule has 0 bridgehead atoms. The van der Waals surface area contributed by atoms with E-state index in [0.29, 0.717) is 5.92 Å². The van der Waals surface area contributed by atoms with Gasteiger partial charge in [-0.15, -0.1) is 0 Å². The maximum atomic E-state index is 2.40. The van der Waals surface area contributed by atoms with Gasteiger partial charge in [-0.2, -0.15) is 0 Å². The smallest absolute Gasteiger partial charge is 0.0216 e. The zero-order valence-corrected chi connectivity index (χ0v) is 11.3. The van der Waals surface area contributed by atoms with E-state index < -0.39 is 0 Å². The SMILES string of the molecule is CC.Cc1cc2c(cc1C(C)C)CCC=C2. The van der Waals surface area contributed by atoms with Gasteiger partial charge in [-0.25, -0.2) is 0 Å². The molecule has 0 saturated carbocycles. The second-order valence-corrected chi connectivity index (χ2v) is 4.50. The zero-order valence-electron chi connectivity index (χ0n) is 11.3. The largest absolute Gasteiger partial charge is 0.0836 e. The Morgan fingerprint density at radius 1 is 1.12 bits per heavy atom. The highest BCUT2D eigenvalue weighted by molar-refractivity contribution is 5.59. The zero-order chi connectivity index (χ0) is 12.1. The van der Waals surface area contributed by atoms with Crippen molar-refractivity contribution in [2.24, 2.45) is 0 Å². The van der Waals surface area contributed by atoms with Gasteiger partial charge in [0.25, 0.3) is 0 Å². The Hall–Kier alpha value is -1.04. The van der Waals surface area contributed by atoms with Gasteiger partial charge in [-0.1, -0.05) is 52.0 Å². The lowest BCUT2D eigenvalue weighted by molar-refractivity contribution is 0.847. The van der Waals surface area contributed by atoms with Crippen molar-refractivity contribution in [3.05, 3.63) is 40.5 Å². The van der Waals surface area contributed by atoms with Gasteiger partial charge in [0.1, 0.15) is 0 Å². The minimum absolute atomic E-state index is 0.645.